The summed E-state index contributed by atoms with van der Waals surface area (Å²) in [6, 6.07) is 21.5. The first-order chi connectivity index (χ1) is 12.6. The van der Waals surface area contributed by atoms with E-state index in [2.05, 4.69) is 10.6 Å². The number of hydrogen-bond acceptors (Lipinski definition) is 3. The molecular formula is C22H19ClN2O2. The molecule has 1 unspecified atom stereocenters. The summed E-state index contributed by atoms with van der Waals surface area (Å²) in [4.78, 5) is 24.9. The predicted molar refractivity (Wildman–Crippen MR) is 108 cm³/mol. The quantitative estimate of drug-likeness (QED) is 0.626. The zero-order valence-corrected chi connectivity index (χ0v) is 14.5. The Morgan fingerprint density at radius 3 is 2.33 bits per heavy atom. The zero-order chi connectivity index (χ0) is 18.1. The van der Waals surface area contributed by atoms with Gasteiger partial charge >= 0.3 is 0 Å². The summed E-state index contributed by atoms with van der Waals surface area (Å²) in [5.74, 6) is -0.280. The number of hydrogen-bond donors (Lipinski definition) is 2. The van der Waals surface area contributed by atoms with Crippen molar-refractivity contribution in [2.45, 2.75) is 13.6 Å². The molecule has 2 N–H and O–H groups in total. The minimum atomic E-state index is -0.407. The van der Waals surface area contributed by atoms with Crippen molar-refractivity contribution < 1.29 is 9.59 Å². The lowest BCUT2D eigenvalue weighted by molar-refractivity contribution is 0.0935. The lowest BCUT2D eigenvalue weighted by Crippen LogP contribution is -2.38. The Kier molecular flexibility index (Phi) is 5.28. The first kappa shape index (κ1) is 18.7. The molecule has 0 aliphatic carbocycles. The average Bonchev–Trinajstić information content (AvgIpc) is 2.68. The number of ketones is 1. The van der Waals surface area contributed by atoms with E-state index in [1.165, 1.54) is 0 Å². The van der Waals surface area contributed by atoms with Crippen LogP contribution in [0, 0.1) is 0 Å². The third kappa shape index (κ3) is 3.57. The van der Waals surface area contributed by atoms with Crippen LogP contribution in [-0.4, -0.2) is 11.7 Å². The van der Waals surface area contributed by atoms with Gasteiger partial charge in [0.05, 0.1) is 10.6 Å². The number of anilines is 1. The van der Waals surface area contributed by atoms with Crippen LogP contribution in [0.3, 0.4) is 0 Å². The van der Waals surface area contributed by atoms with Gasteiger partial charge in [0.25, 0.3) is 5.91 Å². The van der Waals surface area contributed by atoms with Crippen LogP contribution in [0.1, 0.15) is 45.4 Å². The molecule has 0 spiro atoms. The monoisotopic (exact) mass is 378 g/mol. The molecule has 0 radical (unpaired) electrons. The van der Waals surface area contributed by atoms with Gasteiger partial charge in [0.1, 0.15) is 6.17 Å². The highest BCUT2D eigenvalue weighted by Gasteiger charge is 2.25. The van der Waals surface area contributed by atoms with E-state index in [9.17, 15) is 9.59 Å². The van der Waals surface area contributed by atoms with Gasteiger partial charge < -0.3 is 10.6 Å². The highest BCUT2D eigenvalue weighted by atomic mass is 35.5. The first-order valence-corrected chi connectivity index (χ1v) is 8.57. The maximum atomic E-state index is 12.6. The number of fused-ring (bicyclic) bond motifs is 1. The van der Waals surface area contributed by atoms with Crippen molar-refractivity contribution in [1.29, 1.82) is 0 Å². The number of nitrogens with one attached hydrogen (secondary N) is 2. The van der Waals surface area contributed by atoms with E-state index in [0.29, 0.717) is 21.7 Å². The third-order valence-corrected chi connectivity index (χ3v) is 4.67. The summed E-state index contributed by atoms with van der Waals surface area (Å²) in [5.41, 5.74) is 3.17. The van der Waals surface area contributed by atoms with Crippen molar-refractivity contribution in [3.8, 4) is 0 Å². The number of amides is 1. The molecule has 5 heteroatoms. The van der Waals surface area contributed by atoms with Gasteiger partial charge in [-0.05, 0) is 29.8 Å². The minimum absolute atomic E-state index is 0. The van der Waals surface area contributed by atoms with Gasteiger partial charge in [-0.3, -0.25) is 9.59 Å². The first-order valence-electron chi connectivity index (χ1n) is 8.19. The molecule has 1 aliphatic heterocycles. The minimum Gasteiger partial charge on any atom is -0.361 e. The van der Waals surface area contributed by atoms with Gasteiger partial charge in [-0.1, -0.05) is 67.6 Å². The van der Waals surface area contributed by atoms with Crippen LogP contribution >= 0.6 is 11.6 Å². The van der Waals surface area contributed by atoms with Gasteiger partial charge in [0, 0.05) is 16.8 Å². The van der Waals surface area contributed by atoms with Crippen LogP contribution in [0.2, 0.25) is 5.02 Å². The van der Waals surface area contributed by atoms with Crippen molar-refractivity contribution in [3.63, 3.8) is 0 Å². The van der Waals surface area contributed by atoms with Crippen LogP contribution in [0.5, 0.6) is 0 Å². The molecule has 0 saturated heterocycles. The van der Waals surface area contributed by atoms with E-state index in [1.807, 2.05) is 36.4 Å². The Balaban J connectivity index is 0.00000210. The molecular weight excluding hydrogens is 360 g/mol. The topological polar surface area (TPSA) is 58.2 Å². The van der Waals surface area contributed by atoms with Gasteiger partial charge in [-0.2, -0.15) is 0 Å². The number of carbonyl (C=O) groups is 2. The van der Waals surface area contributed by atoms with Crippen molar-refractivity contribution in [1.82, 2.24) is 5.32 Å². The summed E-state index contributed by atoms with van der Waals surface area (Å²) < 4.78 is 0. The number of rotatable bonds is 3. The zero-order valence-electron chi connectivity index (χ0n) is 13.7. The fourth-order valence-electron chi connectivity index (χ4n) is 3.01. The number of carbonyl (C=O) groups excluding carboxylic acids is 2. The lowest BCUT2D eigenvalue weighted by atomic mass is 10.00. The summed E-state index contributed by atoms with van der Waals surface area (Å²) in [6.07, 6.45) is -0.407. The smallest absolute Gasteiger partial charge is 0.255 e. The van der Waals surface area contributed by atoms with Crippen LogP contribution in [-0.2, 0) is 0 Å². The maximum absolute atomic E-state index is 12.6. The summed E-state index contributed by atoms with van der Waals surface area (Å²) in [6.45, 7) is 0. The average molecular weight is 379 g/mol. The molecule has 1 atom stereocenters. The molecule has 4 rings (SSSR count). The molecule has 3 aromatic rings. The van der Waals surface area contributed by atoms with Gasteiger partial charge in [-0.15, -0.1) is 0 Å². The van der Waals surface area contributed by atoms with Crippen LogP contribution in [0.15, 0.2) is 72.8 Å². The van der Waals surface area contributed by atoms with E-state index in [0.717, 1.165) is 11.3 Å². The van der Waals surface area contributed by atoms with E-state index < -0.39 is 6.17 Å². The fraction of sp³-hybridized carbons (Fsp3) is 0.0909. The van der Waals surface area contributed by atoms with Crippen molar-refractivity contribution in [2.24, 2.45) is 0 Å². The third-order valence-electron chi connectivity index (χ3n) is 4.35. The van der Waals surface area contributed by atoms with Crippen LogP contribution in [0.25, 0.3) is 0 Å². The summed E-state index contributed by atoms with van der Waals surface area (Å²) in [7, 11) is 0. The Morgan fingerprint density at radius 1 is 0.889 bits per heavy atom. The molecule has 0 aromatic heterocycles. The second kappa shape index (κ2) is 7.64. The molecule has 1 heterocycles. The van der Waals surface area contributed by atoms with Gasteiger partial charge in [-0.25, -0.2) is 0 Å². The second-order valence-electron chi connectivity index (χ2n) is 6.03. The molecule has 27 heavy (non-hydrogen) atoms. The van der Waals surface area contributed by atoms with Gasteiger partial charge in [0.15, 0.2) is 5.78 Å². The standard InChI is InChI=1S/C21H15ClN2O2.CH4/c22-17-12-14(10-11-15(17)19(25)13-6-2-1-3-7-13)20-23-18-9-5-4-8-16(18)21(26)24-20;/h1-12,20,23H,(H,24,26);1H4. The summed E-state index contributed by atoms with van der Waals surface area (Å²) in [5, 5.41) is 6.53. The number of para-hydroxylation sites is 1. The van der Waals surface area contributed by atoms with Crippen LogP contribution in [0.4, 0.5) is 5.69 Å². The Hall–Kier alpha value is -3.11. The van der Waals surface area contributed by atoms with Crippen molar-refractivity contribution in [3.05, 3.63) is 100 Å². The molecule has 3 aromatic carbocycles. The molecule has 1 amide bonds. The Labute approximate surface area is 163 Å². The summed E-state index contributed by atoms with van der Waals surface area (Å²) >= 11 is 6.37. The molecule has 136 valence electrons. The van der Waals surface area contributed by atoms with Crippen molar-refractivity contribution >= 4 is 29.0 Å². The van der Waals surface area contributed by atoms with Gasteiger partial charge in [0.2, 0.25) is 0 Å². The highest BCUT2D eigenvalue weighted by molar-refractivity contribution is 6.35. The van der Waals surface area contributed by atoms with Crippen molar-refractivity contribution in [2.75, 3.05) is 5.32 Å². The second-order valence-corrected chi connectivity index (χ2v) is 6.44. The largest absolute Gasteiger partial charge is 0.361 e. The molecule has 0 saturated carbocycles. The maximum Gasteiger partial charge on any atom is 0.255 e. The van der Waals surface area contributed by atoms with E-state index in [1.54, 1.807) is 36.4 Å². The Bertz CT molecular complexity index is 1000. The Morgan fingerprint density at radius 2 is 1.59 bits per heavy atom. The fourth-order valence-corrected chi connectivity index (χ4v) is 3.29. The predicted octanol–water partition coefficient (Wildman–Crippen LogP) is 5.06. The molecule has 0 bridgehead atoms. The molecule has 0 fully saturated rings. The lowest BCUT2D eigenvalue weighted by Gasteiger charge is -2.28. The normalized spacial score (nSPS) is 15.0. The van der Waals surface area contributed by atoms with E-state index in [-0.39, 0.29) is 19.1 Å². The van der Waals surface area contributed by atoms with Crippen LogP contribution < -0.4 is 10.6 Å². The van der Waals surface area contributed by atoms with E-state index >= 15 is 0 Å². The number of halogens is 1. The highest BCUT2D eigenvalue weighted by Crippen LogP contribution is 2.29. The number of benzene rings is 3. The molecule has 1 aliphatic rings. The SMILES string of the molecule is C.O=C(c1ccccc1)c1ccc(C2NC(=O)c3ccccc3N2)cc1Cl. The molecule has 4 nitrogen and oxygen atoms in total. The van der Waals surface area contributed by atoms with E-state index in [4.69, 9.17) is 11.6 Å².